The van der Waals surface area contributed by atoms with Crippen LogP contribution in [0.3, 0.4) is 0 Å². The maximum atomic E-state index is 11.4. The van der Waals surface area contributed by atoms with Crippen molar-refractivity contribution in [2.75, 3.05) is 7.11 Å². The van der Waals surface area contributed by atoms with Crippen LogP contribution in [0.2, 0.25) is 0 Å². The first kappa shape index (κ1) is 15.0. The third kappa shape index (κ3) is 3.48. The van der Waals surface area contributed by atoms with E-state index >= 15 is 0 Å². The van der Waals surface area contributed by atoms with Gasteiger partial charge >= 0.3 is 5.97 Å². The van der Waals surface area contributed by atoms with Crippen molar-refractivity contribution < 1.29 is 9.53 Å². The minimum atomic E-state index is -0.222. The molecule has 0 amide bonds. The zero-order chi connectivity index (χ0) is 16.1. The summed E-state index contributed by atoms with van der Waals surface area (Å²) >= 11 is 0. The number of benzene rings is 2. The highest BCUT2D eigenvalue weighted by atomic mass is 16.5. The van der Waals surface area contributed by atoms with Crippen LogP contribution in [0.25, 0.3) is 16.9 Å². The second-order valence-electron chi connectivity index (χ2n) is 5.21. The molecule has 0 unspecified atom stereocenters. The molecule has 23 heavy (non-hydrogen) atoms. The zero-order valence-corrected chi connectivity index (χ0v) is 13.0. The van der Waals surface area contributed by atoms with Crippen LogP contribution < -0.4 is 0 Å². The quantitative estimate of drug-likeness (QED) is 0.676. The van der Waals surface area contributed by atoms with Gasteiger partial charge in [-0.05, 0) is 18.2 Å². The second-order valence-corrected chi connectivity index (χ2v) is 5.21. The van der Waals surface area contributed by atoms with Gasteiger partial charge in [0.15, 0.2) is 0 Å². The molecule has 3 rings (SSSR count). The van der Waals surface area contributed by atoms with Crippen LogP contribution in [0.4, 0.5) is 0 Å². The Balaban J connectivity index is 1.99. The minimum absolute atomic E-state index is 0.222. The predicted molar refractivity (Wildman–Crippen MR) is 89.3 cm³/mol. The maximum absolute atomic E-state index is 11.4. The van der Waals surface area contributed by atoms with Crippen LogP contribution in [-0.4, -0.2) is 22.9 Å². The van der Waals surface area contributed by atoms with Crippen LogP contribution in [-0.2, 0) is 16.0 Å². The second kappa shape index (κ2) is 6.92. The van der Waals surface area contributed by atoms with Gasteiger partial charge in [0.05, 0.1) is 30.6 Å². The van der Waals surface area contributed by atoms with Gasteiger partial charge in [-0.1, -0.05) is 48.5 Å². The van der Waals surface area contributed by atoms with Gasteiger partial charge in [-0.15, -0.1) is 0 Å². The number of carbonyl (C=O) groups is 1. The van der Waals surface area contributed by atoms with Crippen molar-refractivity contribution in [3.05, 3.63) is 72.4 Å². The highest BCUT2D eigenvalue weighted by Gasteiger charge is 2.12. The van der Waals surface area contributed by atoms with E-state index in [1.807, 2.05) is 59.3 Å². The fourth-order valence-electron chi connectivity index (χ4n) is 2.47. The zero-order valence-electron chi connectivity index (χ0n) is 13.0. The van der Waals surface area contributed by atoms with Crippen molar-refractivity contribution in [1.29, 1.82) is 0 Å². The molecule has 0 fully saturated rings. The molecule has 0 spiro atoms. The minimum Gasteiger partial charge on any atom is -0.469 e. The van der Waals surface area contributed by atoms with Gasteiger partial charge in [-0.25, -0.2) is 4.68 Å². The lowest BCUT2D eigenvalue weighted by Crippen LogP contribution is -2.03. The van der Waals surface area contributed by atoms with Gasteiger partial charge in [-0.2, -0.15) is 5.10 Å². The molecule has 0 saturated carbocycles. The van der Waals surface area contributed by atoms with Crippen molar-refractivity contribution in [2.45, 2.75) is 12.8 Å². The highest BCUT2D eigenvalue weighted by molar-refractivity contribution is 5.69. The summed E-state index contributed by atoms with van der Waals surface area (Å²) in [6.07, 6.45) is 0.892. The Bertz CT molecular complexity index is 723. The van der Waals surface area contributed by atoms with Gasteiger partial charge in [0.25, 0.3) is 0 Å². The number of rotatable bonds is 5. The normalized spacial score (nSPS) is 10.5. The third-order valence-electron chi connectivity index (χ3n) is 3.64. The molecule has 0 saturated heterocycles. The van der Waals surface area contributed by atoms with Crippen LogP contribution in [0.15, 0.2) is 66.7 Å². The van der Waals surface area contributed by atoms with Crippen molar-refractivity contribution in [1.82, 2.24) is 9.78 Å². The molecule has 116 valence electrons. The maximum Gasteiger partial charge on any atom is 0.305 e. The van der Waals surface area contributed by atoms with E-state index in [1.54, 1.807) is 0 Å². The summed E-state index contributed by atoms with van der Waals surface area (Å²) in [5.41, 5.74) is 3.97. The van der Waals surface area contributed by atoms with E-state index in [0.717, 1.165) is 22.6 Å². The third-order valence-corrected chi connectivity index (χ3v) is 3.64. The molecule has 2 aromatic carbocycles. The Kier molecular flexibility index (Phi) is 4.52. The summed E-state index contributed by atoms with van der Waals surface area (Å²) in [6.45, 7) is 0. The molecule has 0 aliphatic rings. The summed E-state index contributed by atoms with van der Waals surface area (Å²) < 4.78 is 6.62. The number of methoxy groups -OCH3 is 1. The Hall–Kier alpha value is -2.88. The number of hydrogen-bond donors (Lipinski definition) is 0. The van der Waals surface area contributed by atoms with Crippen LogP contribution in [0.5, 0.6) is 0 Å². The van der Waals surface area contributed by atoms with Crippen molar-refractivity contribution in [3.63, 3.8) is 0 Å². The Labute approximate surface area is 135 Å². The topological polar surface area (TPSA) is 44.1 Å². The van der Waals surface area contributed by atoms with Gasteiger partial charge in [0, 0.05) is 12.0 Å². The van der Waals surface area contributed by atoms with E-state index in [2.05, 4.69) is 17.2 Å². The average Bonchev–Trinajstić information content (AvgIpc) is 3.05. The lowest BCUT2D eigenvalue weighted by molar-refractivity contribution is -0.140. The standard InChI is InChI=1S/C19H18N2O2/c1-23-19(22)13-12-16-14-18(15-8-4-2-5-9-15)21(20-16)17-10-6-3-7-11-17/h2-11,14H,12-13H2,1H3. The van der Waals surface area contributed by atoms with Crippen molar-refractivity contribution >= 4 is 5.97 Å². The van der Waals surface area contributed by atoms with E-state index in [0.29, 0.717) is 12.8 Å². The summed E-state index contributed by atoms with van der Waals surface area (Å²) in [5, 5.41) is 4.67. The molecule has 0 N–H and O–H groups in total. The van der Waals surface area contributed by atoms with E-state index in [9.17, 15) is 4.79 Å². The predicted octanol–water partition coefficient (Wildman–Crippen LogP) is 3.64. The van der Waals surface area contributed by atoms with Crippen LogP contribution in [0, 0.1) is 0 Å². The molecule has 3 aromatic rings. The van der Waals surface area contributed by atoms with E-state index in [4.69, 9.17) is 4.74 Å². The lowest BCUT2D eigenvalue weighted by Gasteiger charge is -2.07. The number of carbonyl (C=O) groups excluding carboxylic acids is 1. The lowest BCUT2D eigenvalue weighted by atomic mass is 10.1. The number of aryl methyl sites for hydroxylation is 1. The molecule has 4 heteroatoms. The monoisotopic (exact) mass is 306 g/mol. The van der Waals surface area contributed by atoms with Crippen LogP contribution in [0.1, 0.15) is 12.1 Å². The first-order chi connectivity index (χ1) is 11.3. The summed E-state index contributed by atoms with van der Waals surface area (Å²) in [5.74, 6) is -0.222. The summed E-state index contributed by atoms with van der Waals surface area (Å²) in [6, 6.07) is 22.1. The molecular weight excluding hydrogens is 288 g/mol. The van der Waals surface area contributed by atoms with Crippen molar-refractivity contribution in [3.8, 4) is 16.9 Å². The summed E-state index contributed by atoms with van der Waals surface area (Å²) in [4.78, 5) is 11.4. The molecular formula is C19H18N2O2. The largest absolute Gasteiger partial charge is 0.469 e. The molecule has 0 radical (unpaired) electrons. The number of hydrogen-bond acceptors (Lipinski definition) is 3. The molecule has 4 nitrogen and oxygen atoms in total. The fourth-order valence-corrected chi connectivity index (χ4v) is 2.47. The number of esters is 1. The van der Waals surface area contributed by atoms with Gasteiger partial charge in [0.1, 0.15) is 0 Å². The number of aromatic nitrogens is 2. The van der Waals surface area contributed by atoms with E-state index in [1.165, 1.54) is 7.11 Å². The highest BCUT2D eigenvalue weighted by Crippen LogP contribution is 2.24. The molecule has 0 aliphatic carbocycles. The SMILES string of the molecule is COC(=O)CCc1cc(-c2ccccc2)n(-c2ccccc2)n1. The number of nitrogens with zero attached hydrogens (tertiary/aromatic N) is 2. The van der Waals surface area contributed by atoms with Gasteiger partial charge in [-0.3, -0.25) is 4.79 Å². The number of ether oxygens (including phenoxy) is 1. The average molecular weight is 306 g/mol. The first-order valence-electron chi connectivity index (χ1n) is 7.54. The Morgan fingerprint density at radius 1 is 1.04 bits per heavy atom. The molecule has 1 heterocycles. The summed E-state index contributed by atoms with van der Waals surface area (Å²) in [7, 11) is 1.40. The smallest absolute Gasteiger partial charge is 0.305 e. The van der Waals surface area contributed by atoms with Gasteiger partial charge < -0.3 is 4.74 Å². The molecule has 0 bridgehead atoms. The molecule has 0 aliphatic heterocycles. The van der Waals surface area contributed by atoms with Crippen molar-refractivity contribution in [2.24, 2.45) is 0 Å². The van der Waals surface area contributed by atoms with Gasteiger partial charge in [0.2, 0.25) is 0 Å². The Morgan fingerprint density at radius 3 is 2.35 bits per heavy atom. The first-order valence-corrected chi connectivity index (χ1v) is 7.54. The Morgan fingerprint density at radius 2 is 1.70 bits per heavy atom. The van der Waals surface area contributed by atoms with Crippen LogP contribution >= 0.6 is 0 Å². The molecule has 1 aromatic heterocycles. The van der Waals surface area contributed by atoms with E-state index < -0.39 is 0 Å². The number of para-hydroxylation sites is 1. The van der Waals surface area contributed by atoms with E-state index in [-0.39, 0.29) is 5.97 Å². The fraction of sp³-hybridized carbons (Fsp3) is 0.158. The molecule has 0 atom stereocenters.